The molecule has 0 saturated carbocycles. The van der Waals surface area contributed by atoms with Crippen LogP contribution in [-0.2, 0) is 4.79 Å². The highest BCUT2D eigenvalue weighted by Crippen LogP contribution is 2.24. The predicted octanol–water partition coefficient (Wildman–Crippen LogP) is 1.89. The standard InChI is InChI=1S/C11H13N3OS/c1-7-13-9-3-2-8(6-10(9)16-7)14-11(15)4-5-12/h2-3,6H,4-5,12H2,1H3,(H,14,15). The molecule has 0 fully saturated rings. The Morgan fingerprint density at radius 1 is 1.56 bits per heavy atom. The fourth-order valence-corrected chi connectivity index (χ4v) is 2.34. The van der Waals surface area contributed by atoms with Crippen molar-refractivity contribution in [3.63, 3.8) is 0 Å². The normalized spacial score (nSPS) is 10.6. The number of hydrogen-bond donors (Lipinski definition) is 2. The number of nitrogens with two attached hydrogens (primary N) is 1. The Balaban J connectivity index is 2.22. The first-order valence-corrected chi connectivity index (χ1v) is 5.88. The van der Waals surface area contributed by atoms with E-state index in [1.54, 1.807) is 11.3 Å². The largest absolute Gasteiger partial charge is 0.330 e. The maximum absolute atomic E-state index is 11.4. The van der Waals surface area contributed by atoms with Gasteiger partial charge in [-0.2, -0.15) is 0 Å². The number of anilines is 1. The Morgan fingerprint density at radius 2 is 2.38 bits per heavy atom. The van der Waals surface area contributed by atoms with E-state index in [1.807, 2.05) is 25.1 Å². The molecule has 4 nitrogen and oxygen atoms in total. The lowest BCUT2D eigenvalue weighted by atomic mass is 10.3. The molecule has 5 heteroatoms. The molecule has 1 heterocycles. The molecule has 0 aliphatic rings. The summed E-state index contributed by atoms with van der Waals surface area (Å²) in [5.74, 6) is -0.0527. The van der Waals surface area contributed by atoms with E-state index in [0.29, 0.717) is 13.0 Å². The van der Waals surface area contributed by atoms with Crippen LogP contribution in [-0.4, -0.2) is 17.4 Å². The van der Waals surface area contributed by atoms with Gasteiger partial charge in [0.25, 0.3) is 0 Å². The van der Waals surface area contributed by atoms with Crippen LogP contribution in [0.1, 0.15) is 11.4 Å². The number of carbonyl (C=O) groups is 1. The summed E-state index contributed by atoms with van der Waals surface area (Å²) in [6, 6.07) is 5.71. The number of thiazole rings is 1. The van der Waals surface area contributed by atoms with E-state index in [2.05, 4.69) is 10.3 Å². The number of aromatic nitrogens is 1. The number of benzene rings is 1. The first kappa shape index (κ1) is 11.0. The van der Waals surface area contributed by atoms with Crippen LogP contribution in [0.25, 0.3) is 10.2 Å². The maximum atomic E-state index is 11.4. The van der Waals surface area contributed by atoms with E-state index in [4.69, 9.17) is 5.73 Å². The van der Waals surface area contributed by atoms with E-state index in [-0.39, 0.29) is 5.91 Å². The molecule has 2 rings (SSSR count). The SMILES string of the molecule is Cc1nc2ccc(NC(=O)CCN)cc2s1. The maximum Gasteiger partial charge on any atom is 0.225 e. The van der Waals surface area contributed by atoms with E-state index in [9.17, 15) is 4.79 Å². The summed E-state index contributed by atoms with van der Waals surface area (Å²) in [4.78, 5) is 15.7. The van der Waals surface area contributed by atoms with Crippen LogP contribution in [0.3, 0.4) is 0 Å². The van der Waals surface area contributed by atoms with Crippen molar-refractivity contribution in [1.29, 1.82) is 0 Å². The zero-order valence-corrected chi connectivity index (χ0v) is 9.80. The van der Waals surface area contributed by atoms with Crippen LogP contribution >= 0.6 is 11.3 Å². The minimum Gasteiger partial charge on any atom is -0.330 e. The second-order valence-corrected chi connectivity index (χ2v) is 4.74. The van der Waals surface area contributed by atoms with Crippen molar-refractivity contribution in [2.75, 3.05) is 11.9 Å². The van der Waals surface area contributed by atoms with Crippen LogP contribution in [0.5, 0.6) is 0 Å². The molecular formula is C11H13N3OS. The van der Waals surface area contributed by atoms with Crippen molar-refractivity contribution < 1.29 is 4.79 Å². The monoisotopic (exact) mass is 235 g/mol. The summed E-state index contributed by atoms with van der Waals surface area (Å²) in [6.07, 6.45) is 0.347. The van der Waals surface area contributed by atoms with E-state index < -0.39 is 0 Å². The van der Waals surface area contributed by atoms with Crippen LogP contribution in [0.4, 0.5) is 5.69 Å². The molecule has 2 aromatic rings. The van der Waals surface area contributed by atoms with Gasteiger partial charge in [-0.05, 0) is 25.1 Å². The number of rotatable bonds is 3. The number of carbonyl (C=O) groups excluding carboxylic acids is 1. The van der Waals surface area contributed by atoms with Gasteiger partial charge in [-0.1, -0.05) is 0 Å². The molecule has 0 radical (unpaired) electrons. The fraction of sp³-hybridized carbons (Fsp3) is 0.273. The number of amides is 1. The Hall–Kier alpha value is -1.46. The van der Waals surface area contributed by atoms with E-state index in [1.165, 1.54) is 0 Å². The Morgan fingerprint density at radius 3 is 3.12 bits per heavy atom. The first-order chi connectivity index (χ1) is 7.69. The molecule has 0 aliphatic carbocycles. The fourth-order valence-electron chi connectivity index (χ4n) is 1.47. The van der Waals surface area contributed by atoms with Gasteiger partial charge >= 0.3 is 0 Å². The second kappa shape index (κ2) is 4.59. The van der Waals surface area contributed by atoms with Gasteiger partial charge in [-0.15, -0.1) is 11.3 Å². The summed E-state index contributed by atoms with van der Waals surface area (Å²) in [6.45, 7) is 2.34. The quantitative estimate of drug-likeness (QED) is 0.853. The minimum absolute atomic E-state index is 0.0527. The molecule has 0 saturated heterocycles. The molecule has 1 aromatic carbocycles. The van der Waals surface area contributed by atoms with Gasteiger partial charge in [0.2, 0.25) is 5.91 Å². The summed E-state index contributed by atoms with van der Waals surface area (Å²) >= 11 is 1.62. The summed E-state index contributed by atoms with van der Waals surface area (Å²) in [7, 11) is 0. The molecule has 0 aliphatic heterocycles. The topological polar surface area (TPSA) is 68.0 Å². The Bertz CT molecular complexity index is 521. The van der Waals surface area contributed by atoms with Gasteiger partial charge in [-0.25, -0.2) is 4.98 Å². The number of fused-ring (bicyclic) bond motifs is 1. The van der Waals surface area contributed by atoms with Crippen molar-refractivity contribution in [3.8, 4) is 0 Å². The van der Waals surface area contributed by atoms with Gasteiger partial charge in [0, 0.05) is 18.7 Å². The van der Waals surface area contributed by atoms with Gasteiger partial charge < -0.3 is 11.1 Å². The second-order valence-electron chi connectivity index (χ2n) is 3.50. The van der Waals surface area contributed by atoms with Gasteiger partial charge in [0.1, 0.15) is 0 Å². The van der Waals surface area contributed by atoms with E-state index >= 15 is 0 Å². The van der Waals surface area contributed by atoms with Crippen molar-refractivity contribution in [2.45, 2.75) is 13.3 Å². The summed E-state index contributed by atoms with van der Waals surface area (Å²) < 4.78 is 1.09. The van der Waals surface area contributed by atoms with Gasteiger partial charge in [-0.3, -0.25) is 4.79 Å². The predicted molar refractivity (Wildman–Crippen MR) is 66.7 cm³/mol. The zero-order chi connectivity index (χ0) is 11.5. The zero-order valence-electron chi connectivity index (χ0n) is 8.99. The van der Waals surface area contributed by atoms with Crippen LogP contribution in [0.15, 0.2) is 18.2 Å². The molecule has 0 unspecified atom stereocenters. The number of nitrogens with one attached hydrogen (secondary N) is 1. The average Bonchev–Trinajstić information content (AvgIpc) is 2.57. The first-order valence-electron chi connectivity index (χ1n) is 5.06. The third-order valence-corrected chi connectivity index (χ3v) is 3.08. The lowest BCUT2D eigenvalue weighted by Crippen LogP contribution is -2.15. The van der Waals surface area contributed by atoms with Crippen molar-refractivity contribution in [3.05, 3.63) is 23.2 Å². The highest BCUT2D eigenvalue weighted by molar-refractivity contribution is 7.18. The Kier molecular flexibility index (Phi) is 3.17. The molecular weight excluding hydrogens is 222 g/mol. The highest BCUT2D eigenvalue weighted by Gasteiger charge is 2.04. The summed E-state index contributed by atoms with van der Waals surface area (Å²) in [5, 5.41) is 3.83. The third-order valence-electron chi connectivity index (χ3n) is 2.15. The smallest absolute Gasteiger partial charge is 0.225 e. The molecule has 0 bridgehead atoms. The Labute approximate surface area is 97.5 Å². The molecule has 1 amide bonds. The van der Waals surface area contributed by atoms with Gasteiger partial charge in [0.05, 0.1) is 15.2 Å². The molecule has 0 spiro atoms. The van der Waals surface area contributed by atoms with Crippen LogP contribution in [0.2, 0.25) is 0 Å². The lowest BCUT2D eigenvalue weighted by molar-refractivity contribution is -0.116. The van der Waals surface area contributed by atoms with Crippen LogP contribution in [0, 0.1) is 6.92 Å². The van der Waals surface area contributed by atoms with Crippen molar-refractivity contribution in [1.82, 2.24) is 4.98 Å². The highest BCUT2D eigenvalue weighted by atomic mass is 32.1. The molecule has 84 valence electrons. The van der Waals surface area contributed by atoms with Crippen molar-refractivity contribution in [2.24, 2.45) is 5.73 Å². The lowest BCUT2D eigenvalue weighted by Gasteiger charge is -2.03. The average molecular weight is 235 g/mol. The van der Waals surface area contributed by atoms with Gasteiger partial charge in [0.15, 0.2) is 0 Å². The number of aryl methyl sites for hydroxylation is 1. The molecule has 0 atom stereocenters. The number of nitrogens with zero attached hydrogens (tertiary/aromatic N) is 1. The summed E-state index contributed by atoms with van der Waals surface area (Å²) in [5.41, 5.74) is 7.08. The molecule has 16 heavy (non-hydrogen) atoms. The van der Waals surface area contributed by atoms with Crippen molar-refractivity contribution >= 4 is 33.1 Å². The minimum atomic E-state index is -0.0527. The number of hydrogen-bond acceptors (Lipinski definition) is 4. The van der Waals surface area contributed by atoms with E-state index in [0.717, 1.165) is 20.9 Å². The molecule has 1 aromatic heterocycles. The van der Waals surface area contributed by atoms with Crippen LogP contribution < -0.4 is 11.1 Å². The third kappa shape index (κ3) is 2.37. The molecule has 3 N–H and O–H groups in total.